The summed E-state index contributed by atoms with van der Waals surface area (Å²) in [5, 5.41) is 17.3. The molecule has 7 nitrogen and oxygen atoms in total. The maximum atomic E-state index is 5.10. The van der Waals surface area contributed by atoms with Gasteiger partial charge in [-0.05, 0) is 19.4 Å². The Balaban J connectivity index is 1.87. The number of aromatic nitrogens is 5. The van der Waals surface area contributed by atoms with Gasteiger partial charge in [0.05, 0.1) is 12.2 Å². The molecule has 1 saturated heterocycles. The SMILES string of the molecule is c1n[nH]nc1-c1nc(C2CCCN2)no1. The van der Waals surface area contributed by atoms with E-state index < -0.39 is 0 Å². The zero-order chi connectivity index (χ0) is 10.1. The Morgan fingerprint density at radius 2 is 2.47 bits per heavy atom. The fraction of sp³-hybridized carbons (Fsp3) is 0.500. The molecular weight excluding hydrogens is 196 g/mol. The second-order valence-corrected chi connectivity index (χ2v) is 3.46. The lowest BCUT2D eigenvalue weighted by molar-refractivity contribution is 0.411. The predicted molar refractivity (Wildman–Crippen MR) is 49.7 cm³/mol. The van der Waals surface area contributed by atoms with E-state index in [-0.39, 0.29) is 6.04 Å². The monoisotopic (exact) mass is 206 g/mol. The summed E-state index contributed by atoms with van der Waals surface area (Å²) in [6, 6.07) is 0.217. The molecule has 78 valence electrons. The highest BCUT2D eigenvalue weighted by atomic mass is 16.5. The van der Waals surface area contributed by atoms with Crippen molar-refractivity contribution in [2.75, 3.05) is 6.54 Å². The fourth-order valence-electron chi connectivity index (χ4n) is 1.69. The number of hydrogen-bond acceptors (Lipinski definition) is 6. The van der Waals surface area contributed by atoms with Crippen molar-refractivity contribution in [2.45, 2.75) is 18.9 Å². The summed E-state index contributed by atoms with van der Waals surface area (Å²) in [5.74, 6) is 1.11. The molecule has 1 atom stereocenters. The van der Waals surface area contributed by atoms with Crippen LogP contribution in [0.4, 0.5) is 0 Å². The van der Waals surface area contributed by atoms with E-state index in [9.17, 15) is 0 Å². The highest BCUT2D eigenvalue weighted by Gasteiger charge is 2.22. The standard InChI is InChI=1S/C8H10N6O/c1-2-5(9-3-1)7-11-8(15-13-7)6-4-10-14-12-6/h4-5,9H,1-3H2,(H,10,12,14). The average molecular weight is 206 g/mol. The lowest BCUT2D eigenvalue weighted by Crippen LogP contribution is -2.14. The first-order chi connectivity index (χ1) is 7.43. The number of H-pyrrole nitrogens is 1. The fourth-order valence-corrected chi connectivity index (χ4v) is 1.69. The maximum absolute atomic E-state index is 5.10. The highest BCUT2D eigenvalue weighted by molar-refractivity contribution is 5.42. The molecule has 7 heteroatoms. The number of rotatable bonds is 2. The van der Waals surface area contributed by atoms with Crippen LogP contribution in [-0.2, 0) is 0 Å². The Morgan fingerprint density at radius 1 is 1.47 bits per heavy atom. The van der Waals surface area contributed by atoms with Gasteiger partial charge < -0.3 is 9.84 Å². The molecule has 1 unspecified atom stereocenters. The number of aromatic amines is 1. The summed E-state index contributed by atoms with van der Waals surface area (Å²) in [5.41, 5.74) is 0.576. The van der Waals surface area contributed by atoms with Gasteiger partial charge in [-0.2, -0.15) is 20.4 Å². The van der Waals surface area contributed by atoms with Crippen LogP contribution in [0.15, 0.2) is 10.7 Å². The molecule has 1 aliphatic rings. The molecule has 2 aromatic rings. The molecule has 0 bridgehead atoms. The van der Waals surface area contributed by atoms with Crippen molar-refractivity contribution in [2.24, 2.45) is 0 Å². The second-order valence-electron chi connectivity index (χ2n) is 3.46. The zero-order valence-corrected chi connectivity index (χ0v) is 7.97. The molecule has 1 fully saturated rings. The molecule has 0 saturated carbocycles. The van der Waals surface area contributed by atoms with Crippen molar-refractivity contribution in [3.05, 3.63) is 12.0 Å². The third-order valence-corrected chi connectivity index (χ3v) is 2.45. The molecule has 0 amide bonds. The first kappa shape index (κ1) is 8.54. The molecule has 2 N–H and O–H groups in total. The number of hydrogen-bond donors (Lipinski definition) is 2. The van der Waals surface area contributed by atoms with Crippen LogP contribution >= 0.6 is 0 Å². The maximum Gasteiger partial charge on any atom is 0.280 e. The summed E-state index contributed by atoms with van der Waals surface area (Å²) in [6.45, 7) is 1.01. The first-order valence-corrected chi connectivity index (χ1v) is 4.86. The van der Waals surface area contributed by atoms with E-state index in [4.69, 9.17) is 4.52 Å². The normalized spacial score (nSPS) is 20.9. The van der Waals surface area contributed by atoms with Gasteiger partial charge in [-0.1, -0.05) is 5.16 Å². The molecule has 0 aliphatic carbocycles. The molecule has 3 rings (SSSR count). The highest BCUT2D eigenvalue weighted by Crippen LogP contribution is 2.22. The Labute approximate surface area is 85.3 Å². The van der Waals surface area contributed by atoms with Crippen molar-refractivity contribution in [1.29, 1.82) is 0 Å². The molecule has 15 heavy (non-hydrogen) atoms. The third-order valence-electron chi connectivity index (χ3n) is 2.45. The Morgan fingerprint density at radius 3 is 3.20 bits per heavy atom. The molecule has 0 radical (unpaired) electrons. The minimum atomic E-state index is 0.217. The Hall–Kier alpha value is -1.76. The van der Waals surface area contributed by atoms with E-state index in [2.05, 4.69) is 30.9 Å². The van der Waals surface area contributed by atoms with Crippen LogP contribution in [-0.4, -0.2) is 32.1 Å². The van der Waals surface area contributed by atoms with E-state index in [0.29, 0.717) is 17.4 Å². The van der Waals surface area contributed by atoms with Crippen molar-refractivity contribution < 1.29 is 4.52 Å². The van der Waals surface area contributed by atoms with E-state index in [0.717, 1.165) is 19.4 Å². The van der Waals surface area contributed by atoms with Crippen LogP contribution < -0.4 is 5.32 Å². The smallest absolute Gasteiger partial charge is 0.280 e. The van der Waals surface area contributed by atoms with Gasteiger partial charge in [0.1, 0.15) is 0 Å². The predicted octanol–water partition coefficient (Wildman–Crippen LogP) is 0.279. The van der Waals surface area contributed by atoms with Crippen LogP contribution in [0.1, 0.15) is 24.7 Å². The number of nitrogens with one attached hydrogen (secondary N) is 2. The number of nitrogens with zero attached hydrogens (tertiary/aromatic N) is 4. The van der Waals surface area contributed by atoms with Crippen LogP contribution in [0.2, 0.25) is 0 Å². The molecule has 2 aromatic heterocycles. The first-order valence-electron chi connectivity index (χ1n) is 4.86. The Kier molecular flexibility index (Phi) is 1.95. The summed E-state index contributed by atoms with van der Waals surface area (Å²) in [6.07, 6.45) is 3.76. The van der Waals surface area contributed by atoms with Crippen LogP contribution in [0.3, 0.4) is 0 Å². The molecule has 3 heterocycles. The van der Waals surface area contributed by atoms with Crippen molar-refractivity contribution in [3.8, 4) is 11.6 Å². The van der Waals surface area contributed by atoms with E-state index in [1.54, 1.807) is 6.20 Å². The topological polar surface area (TPSA) is 92.5 Å². The van der Waals surface area contributed by atoms with Crippen LogP contribution in [0.25, 0.3) is 11.6 Å². The largest absolute Gasteiger partial charge is 0.332 e. The van der Waals surface area contributed by atoms with Crippen molar-refractivity contribution in [1.82, 2.24) is 30.9 Å². The van der Waals surface area contributed by atoms with E-state index >= 15 is 0 Å². The van der Waals surface area contributed by atoms with Gasteiger partial charge in [0.15, 0.2) is 11.5 Å². The van der Waals surface area contributed by atoms with Crippen molar-refractivity contribution >= 4 is 0 Å². The Bertz CT molecular complexity index is 430. The van der Waals surface area contributed by atoms with E-state index in [1.807, 2.05) is 0 Å². The second kappa shape index (κ2) is 3.43. The van der Waals surface area contributed by atoms with Gasteiger partial charge in [0.2, 0.25) is 0 Å². The van der Waals surface area contributed by atoms with Gasteiger partial charge in [-0.25, -0.2) is 0 Å². The van der Waals surface area contributed by atoms with Crippen LogP contribution in [0.5, 0.6) is 0 Å². The molecule has 0 aromatic carbocycles. The van der Waals surface area contributed by atoms with Gasteiger partial charge in [-0.3, -0.25) is 0 Å². The molecular formula is C8H10N6O. The average Bonchev–Trinajstić information content (AvgIpc) is 3.02. The third kappa shape index (κ3) is 1.50. The lowest BCUT2D eigenvalue weighted by atomic mass is 10.2. The van der Waals surface area contributed by atoms with Gasteiger partial charge >= 0.3 is 0 Å². The van der Waals surface area contributed by atoms with Gasteiger partial charge in [-0.15, -0.1) is 0 Å². The summed E-state index contributed by atoms with van der Waals surface area (Å²) < 4.78 is 5.10. The van der Waals surface area contributed by atoms with Gasteiger partial charge in [0, 0.05) is 0 Å². The zero-order valence-electron chi connectivity index (χ0n) is 7.97. The molecule has 0 spiro atoms. The van der Waals surface area contributed by atoms with Crippen LogP contribution in [0, 0.1) is 0 Å². The van der Waals surface area contributed by atoms with Crippen molar-refractivity contribution in [3.63, 3.8) is 0 Å². The summed E-state index contributed by atoms with van der Waals surface area (Å²) in [4.78, 5) is 4.27. The van der Waals surface area contributed by atoms with Gasteiger partial charge in [0.25, 0.3) is 5.89 Å². The lowest BCUT2D eigenvalue weighted by Gasteiger charge is -2.01. The summed E-state index contributed by atoms with van der Waals surface area (Å²) >= 11 is 0. The summed E-state index contributed by atoms with van der Waals surface area (Å²) in [7, 11) is 0. The quantitative estimate of drug-likeness (QED) is 0.733. The molecule has 1 aliphatic heterocycles. The minimum Gasteiger partial charge on any atom is -0.332 e. The van der Waals surface area contributed by atoms with E-state index in [1.165, 1.54) is 0 Å². The minimum absolute atomic E-state index is 0.217.